The third-order valence-corrected chi connectivity index (χ3v) is 3.47. The molecule has 3 rings (SSSR count). The number of nitrogens with zero attached hydrogens (tertiary/aromatic N) is 4. The van der Waals surface area contributed by atoms with Gasteiger partial charge >= 0.3 is 0 Å². The lowest BCUT2D eigenvalue weighted by Gasteiger charge is -2.11. The van der Waals surface area contributed by atoms with E-state index in [2.05, 4.69) is 15.5 Å². The minimum absolute atomic E-state index is 0.273. The van der Waals surface area contributed by atoms with Crippen molar-refractivity contribution in [1.82, 2.24) is 19.6 Å². The average Bonchev–Trinajstić information content (AvgIpc) is 3.25. The summed E-state index contributed by atoms with van der Waals surface area (Å²) in [5.41, 5.74) is 0.926. The molecule has 124 valence electrons. The van der Waals surface area contributed by atoms with Gasteiger partial charge in [-0.05, 0) is 26.0 Å². The fourth-order valence-corrected chi connectivity index (χ4v) is 2.16. The monoisotopic (exact) mass is 325 g/mol. The number of carbonyl (C=O) groups excluding carboxylic acids is 1. The fraction of sp³-hybridized carbons (Fsp3) is 0.235. The third-order valence-electron chi connectivity index (χ3n) is 3.47. The maximum Gasteiger partial charge on any atom is 0.266 e. The van der Waals surface area contributed by atoms with E-state index in [9.17, 15) is 4.79 Å². The van der Waals surface area contributed by atoms with Gasteiger partial charge in [-0.3, -0.25) is 9.48 Å². The SMILES string of the molecule is CCn1ccc(NC(=O)C(C)Oc2ccn(-c3ccccc3)n2)n1. The molecular formula is C17H19N5O2. The molecule has 0 saturated heterocycles. The Hall–Kier alpha value is -3.09. The minimum Gasteiger partial charge on any atom is -0.463 e. The highest BCUT2D eigenvalue weighted by Gasteiger charge is 2.17. The summed E-state index contributed by atoms with van der Waals surface area (Å²) in [6, 6.07) is 13.2. The zero-order chi connectivity index (χ0) is 16.9. The van der Waals surface area contributed by atoms with Crippen LogP contribution in [-0.2, 0) is 11.3 Å². The van der Waals surface area contributed by atoms with E-state index in [0.717, 1.165) is 12.2 Å². The van der Waals surface area contributed by atoms with Gasteiger partial charge in [0.1, 0.15) is 0 Å². The van der Waals surface area contributed by atoms with Crippen molar-refractivity contribution >= 4 is 11.7 Å². The molecule has 0 fully saturated rings. The van der Waals surface area contributed by atoms with Gasteiger partial charge < -0.3 is 10.1 Å². The van der Waals surface area contributed by atoms with E-state index in [4.69, 9.17) is 4.74 Å². The molecule has 3 aromatic rings. The molecule has 2 heterocycles. The summed E-state index contributed by atoms with van der Waals surface area (Å²) in [6.45, 7) is 4.40. The van der Waals surface area contributed by atoms with Crippen LogP contribution in [0.15, 0.2) is 54.9 Å². The highest BCUT2D eigenvalue weighted by molar-refractivity contribution is 5.93. The fourth-order valence-electron chi connectivity index (χ4n) is 2.16. The van der Waals surface area contributed by atoms with Gasteiger partial charge in [-0.25, -0.2) is 4.68 Å². The number of aromatic nitrogens is 4. The van der Waals surface area contributed by atoms with E-state index in [0.29, 0.717) is 11.7 Å². The van der Waals surface area contributed by atoms with E-state index in [-0.39, 0.29) is 5.91 Å². The summed E-state index contributed by atoms with van der Waals surface area (Å²) in [7, 11) is 0. The van der Waals surface area contributed by atoms with Gasteiger partial charge in [0.15, 0.2) is 11.9 Å². The Morgan fingerprint density at radius 3 is 2.67 bits per heavy atom. The molecule has 1 atom stereocenters. The number of hydrogen-bond donors (Lipinski definition) is 1. The van der Waals surface area contributed by atoms with Gasteiger partial charge in [-0.2, -0.15) is 5.10 Å². The van der Waals surface area contributed by atoms with Crippen LogP contribution in [0.1, 0.15) is 13.8 Å². The molecule has 24 heavy (non-hydrogen) atoms. The molecule has 1 N–H and O–H groups in total. The number of amides is 1. The van der Waals surface area contributed by atoms with Crippen molar-refractivity contribution in [2.24, 2.45) is 0 Å². The van der Waals surface area contributed by atoms with Crippen LogP contribution in [0.25, 0.3) is 5.69 Å². The molecule has 0 aliphatic rings. The van der Waals surface area contributed by atoms with Crippen molar-refractivity contribution in [2.45, 2.75) is 26.5 Å². The standard InChI is InChI=1S/C17H19N5O2/c1-3-21-11-9-15(19-21)18-17(23)13(2)24-16-10-12-22(20-16)14-7-5-4-6-8-14/h4-13H,3H2,1-2H3,(H,18,19,23). The topological polar surface area (TPSA) is 74.0 Å². The number of carbonyl (C=O) groups is 1. The van der Waals surface area contributed by atoms with E-state index in [1.54, 1.807) is 34.6 Å². The number of ether oxygens (including phenoxy) is 1. The molecule has 0 saturated carbocycles. The molecule has 0 spiro atoms. The van der Waals surface area contributed by atoms with Crippen LogP contribution in [0.4, 0.5) is 5.82 Å². The Balaban J connectivity index is 1.61. The van der Waals surface area contributed by atoms with Gasteiger partial charge in [-0.15, -0.1) is 5.10 Å². The summed E-state index contributed by atoms with van der Waals surface area (Å²) < 4.78 is 9.04. The van der Waals surface area contributed by atoms with Crippen LogP contribution < -0.4 is 10.1 Å². The molecule has 1 amide bonds. The summed E-state index contributed by atoms with van der Waals surface area (Å²) in [4.78, 5) is 12.2. The van der Waals surface area contributed by atoms with Crippen molar-refractivity contribution in [2.75, 3.05) is 5.32 Å². The Labute approximate surface area is 139 Å². The second-order valence-corrected chi connectivity index (χ2v) is 5.24. The van der Waals surface area contributed by atoms with E-state index in [1.165, 1.54) is 0 Å². The first-order valence-corrected chi connectivity index (χ1v) is 7.78. The van der Waals surface area contributed by atoms with Crippen molar-refractivity contribution in [1.29, 1.82) is 0 Å². The molecule has 0 aliphatic carbocycles. The van der Waals surface area contributed by atoms with E-state index < -0.39 is 6.10 Å². The Bertz CT molecular complexity index is 809. The van der Waals surface area contributed by atoms with Crippen molar-refractivity contribution in [3.63, 3.8) is 0 Å². The van der Waals surface area contributed by atoms with Gasteiger partial charge in [0.2, 0.25) is 5.88 Å². The highest BCUT2D eigenvalue weighted by atomic mass is 16.5. The first-order valence-electron chi connectivity index (χ1n) is 7.78. The van der Waals surface area contributed by atoms with Crippen molar-refractivity contribution < 1.29 is 9.53 Å². The Morgan fingerprint density at radius 1 is 1.17 bits per heavy atom. The minimum atomic E-state index is -0.684. The smallest absolute Gasteiger partial charge is 0.266 e. The quantitative estimate of drug-likeness (QED) is 0.755. The lowest BCUT2D eigenvalue weighted by atomic mass is 10.3. The number of para-hydroxylation sites is 1. The maximum atomic E-state index is 12.2. The zero-order valence-electron chi connectivity index (χ0n) is 13.6. The summed E-state index contributed by atoms with van der Waals surface area (Å²) in [6.07, 6.45) is 2.91. The molecular weight excluding hydrogens is 306 g/mol. The second kappa shape index (κ2) is 6.99. The van der Waals surface area contributed by atoms with Crippen LogP contribution in [0.2, 0.25) is 0 Å². The molecule has 1 aromatic carbocycles. The zero-order valence-corrected chi connectivity index (χ0v) is 13.6. The predicted molar refractivity (Wildman–Crippen MR) is 90.2 cm³/mol. The molecule has 7 nitrogen and oxygen atoms in total. The van der Waals surface area contributed by atoms with Gasteiger partial charge in [-0.1, -0.05) is 18.2 Å². The lowest BCUT2D eigenvalue weighted by Crippen LogP contribution is -2.30. The number of aryl methyl sites for hydroxylation is 1. The maximum absolute atomic E-state index is 12.2. The highest BCUT2D eigenvalue weighted by Crippen LogP contribution is 2.13. The van der Waals surface area contributed by atoms with Crippen LogP contribution in [-0.4, -0.2) is 31.6 Å². The van der Waals surface area contributed by atoms with Crippen LogP contribution in [0.5, 0.6) is 5.88 Å². The number of benzene rings is 1. The van der Waals surface area contributed by atoms with E-state index >= 15 is 0 Å². The first kappa shape index (κ1) is 15.8. The predicted octanol–water partition coefficient (Wildman–Crippen LogP) is 2.49. The molecule has 2 aromatic heterocycles. The van der Waals surface area contributed by atoms with Gasteiger partial charge in [0.25, 0.3) is 5.91 Å². The molecule has 0 radical (unpaired) electrons. The average molecular weight is 325 g/mol. The van der Waals surface area contributed by atoms with Crippen molar-refractivity contribution in [3.05, 3.63) is 54.9 Å². The lowest BCUT2D eigenvalue weighted by molar-refractivity contribution is -0.122. The summed E-state index contributed by atoms with van der Waals surface area (Å²) in [5.74, 6) is 0.623. The first-order chi connectivity index (χ1) is 11.7. The summed E-state index contributed by atoms with van der Waals surface area (Å²) >= 11 is 0. The molecule has 0 aliphatic heterocycles. The number of rotatable bonds is 6. The second-order valence-electron chi connectivity index (χ2n) is 5.24. The van der Waals surface area contributed by atoms with Gasteiger partial charge in [0, 0.05) is 31.1 Å². The number of nitrogens with one attached hydrogen (secondary N) is 1. The van der Waals surface area contributed by atoms with Crippen LogP contribution in [0, 0.1) is 0 Å². The molecule has 1 unspecified atom stereocenters. The molecule has 0 bridgehead atoms. The summed E-state index contributed by atoms with van der Waals surface area (Å²) in [5, 5.41) is 11.3. The Morgan fingerprint density at radius 2 is 1.96 bits per heavy atom. The van der Waals surface area contributed by atoms with E-state index in [1.807, 2.05) is 43.5 Å². The van der Waals surface area contributed by atoms with Crippen LogP contribution >= 0.6 is 0 Å². The van der Waals surface area contributed by atoms with Gasteiger partial charge in [0.05, 0.1) is 5.69 Å². The number of hydrogen-bond acceptors (Lipinski definition) is 4. The largest absolute Gasteiger partial charge is 0.463 e. The Kier molecular flexibility index (Phi) is 4.60. The third kappa shape index (κ3) is 3.62. The van der Waals surface area contributed by atoms with Crippen molar-refractivity contribution in [3.8, 4) is 11.6 Å². The van der Waals surface area contributed by atoms with Crippen LogP contribution in [0.3, 0.4) is 0 Å². The number of anilines is 1. The normalized spacial score (nSPS) is 11.9. The molecule has 7 heteroatoms.